The Morgan fingerprint density at radius 1 is 1.09 bits per heavy atom. The summed E-state index contributed by atoms with van der Waals surface area (Å²) in [7, 11) is 0. The number of hydrogen-bond donors (Lipinski definition) is 1. The summed E-state index contributed by atoms with van der Waals surface area (Å²) in [6.45, 7) is 4.42. The van der Waals surface area contributed by atoms with Crippen molar-refractivity contribution >= 4 is 5.78 Å². The minimum absolute atomic E-state index is 0.0352. The molecule has 0 heterocycles. The van der Waals surface area contributed by atoms with Gasteiger partial charge in [0.2, 0.25) is 0 Å². The van der Waals surface area contributed by atoms with Crippen LogP contribution in [-0.4, -0.2) is 22.7 Å². The lowest BCUT2D eigenvalue weighted by molar-refractivity contribution is -0.189. The fourth-order valence-corrected chi connectivity index (χ4v) is 6.97. The smallest absolute Gasteiger partial charge is 0.176 e. The van der Waals surface area contributed by atoms with Gasteiger partial charge in [-0.3, -0.25) is 4.79 Å². The maximum atomic E-state index is 15.7. The molecule has 0 unspecified atom stereocenters. The van der Waals surface area contributed by atoms with E-state index < -0.39 is 17.2 Å². The molecule has 0 aromatic carbocycles. The van der Waals surface area contributed by atoms with Gasteiger partial charge in [0.25, 0.3) is 0 Å². The molecule has 124 valence electrons. The number of aliphatic hydroxyl groups excluding tert-OH is 1. The first-order chi connectivity index (χ1) is 10.3. The van der Waals surface area contributed by atoms with Crippen LogP contribution in [0.1, 0.15) is 71.6 Å². The molecule has 0 radical (unpaired) electrons. The van der Waals surface area contributed by atoms with Crippen molar-refractivity contribution < 1.29 is 14.3 Å². The summed E-state index contributed by atoms with van der Waals surface area (Å²) >= 11 is 0. The molecule has 3 heteroatoms. The zero-order chi connectivity index (χ0) is 15.8. The Morgan fingerprint density at radius 3 is 2.64 bits per heavy atom. The van der Waals surface area contributed by atoms with Crippen molar-refractivity contribution in [2.24, 2.45) is 28.6 Å². The number of rotatable bonds is 0. The van der Waals surface area contributed by atoms with Crippen LogP contribution in [0.5, 0.6) is 0 Å². The number of ketones is 1. The Morgan fingerprint density at radius 2 is 1.86 bits per heavy atom. The lowest BCUT2D eigenvalue weighted by atomic mass is 9.44. The predicted molar refractivity (Wildman–Crippen MR) is 83.1 cm³/mol. The average Bonchev–Trinajstić information content (AvgIpc) is 2.84. The number of alkyl halides is 1. The Bertz CT molecular complexity index is 506. The molecular weight excluding hydrogens is 279 g/mol. The van der Waals surface area contributed by atoms with Gasteiger partial charge < -0.3 is 5.11 Å². The fourth-order valence-electron chi connectivity index (χ4n) is 6.97. The Labute approximate surface area is 132 Å². The highest BCUT2D eigenvalue weighted by molar-refractivity contribution is 5.89. The second-order valence-electron chi connectivity index (χ2n) is 9.20. The summed E-state index contributed by atoms with van der Waals surface area (Å²) in [6.07, 6.45) is 7.19. The molecule has 4 saturated carbocycles. The van der Waals surface area contributed by atoms with Crippen LogP contribution in [0.3, 0.4) is 0 Å². The Kier molecular flexibility index (Phi) is 3.13. The molecule has 0 saturated heterocycles. The number of Topliss-reactive ketones (excluding diaryl/α,β-unsaturated/α-hetero) is 1. The Hall–Kier alpha value is -0.440. The van der Waals surface area contributed by atoms with Gasteiger partial charge in [0.05, 0.1) is 6.10 Å². The third-order valence-corrected chi connectivity index (χ3v) is 8.32. The second kappa shape index (κ2) is 4.55. The molecule has 0 bridgehead atoms. The minimum atomic E-state index is -1.78. The van der Waals surface area contributed by atoms with E-state index in [4.69, 9.17) is 0 Å². The topological polar surface area (TPSA) is 37.3 Å². The SMILES string of the molecule is C[C@@]12CCC[C@H]1[C@@H]1CC(=O)[C@@]3(F)C[C@@H](O)CC[C@]3(C)[C@H]1CC2. The number of hydrogen-bond acceptors (Lipinski definition) is 2. The molecule has 4 aliphatic carbocycles. The number of halogens is 1. The number of fused-ring (bicyclic) bond motifs is 5. The first kappa shape index (κ1) is 15.1. The summed E-state index contributed by atoms with van der Waals surface area (Å²) < 4.78 is 15.7. The molecule has 0 aliphatic heterocycles. The number of aliphatic hydroxyl groups is 1. The van der Waals surface area contributed by atoms with E-state index in [9.17, 15) is 9.90 Å². The first-order valence-corrected chi connectivity index (χ1v) is 9.20. The molecule has 0 spiro atoms. The molecule has 22 heavy (non-hydrogen) atoms. The molecule has 1 N–H and O–H groups in total. The number of carbonyl (C=O) groups excluding carboxylic acids is 1. The van der Waals surface area contributed by atoms with E-state index in [1.807, 2.05) is 6.92 Å². The van der Waals surface area contributed by atoms with Crippen molar-refractivity contribution in [3.8, 4) is 0 Å². The maximum absolute atomic E-state index is 15.7. The summed E-state index contributed by atoms with van der Waals surface area (Å²) in [4.78, 5) is 12.8. The van der Waals surface area contributed by atoms with Gasteiger partial charge in [-0.25, -0.2) is 4.39 Å². The average molecular weight is 308 g/mol. The highest BCUT2D eigenvalue weighted by Gasteiger charge is 2.67. The van der Waals surface area contributed by atoms with Gasteiger partial charge in [0, 0.05) is 18.3 Å². The predicted octanol–water partition coefficient (Wildman–Crippen LogP) is 4.05. The quantitative estimate of drug-likeness (QED) is 0.733. The normalized spacial score (nSPS) is 57.9. The molecule has 4 aliphatic rings. The third kappa shape index (κ3) is 1.72. The summed E-state index contributed by atoms with van der Waals surface area (Å²) in [6, 6.07) is 0. The van der Waals surface area contributed by atoms with Gasteiger partial charge in [-0.15, -0.1) is 0 Å². The molecule has 0 amide bonds. The molecule has 0 aromatic heterocycles. The van der Waals surface area contributed by atoms with E-state index in [-0.39, 0.29) is 12.2 Å². The van der Waals surface area contributed by atoms with Crippen LogP contribution < -0.4 is 0 Å². The van der Waals surface area contributed by atoms with E-state index >= 15 is 4.39 Å². The molecule has 4 fully saturated rings. The van der Waals surface area contributed by atoms with Gasteiger partial charge in [-0.05, 0) is 61.7 Å². The molecule has 2 nitrogen and oxygen atoms in total. The summed E-state index contributed by atoms with van der Waals surface area (Å²) in [5.74, 6) is 1.13. The van der Waals surface area contributed by atoms with Crippen LogP contribution in [0.15, 0.2) is 0 Å². The Balaban J connectivity index is 1.73. The van der Waals surface area contributed by atoms with Crippen molar-refractivity contribution in [3.05, 3.63) is 0 Å². The first-order valence-electron chi connectivity index (χ1n) is 9.20. The molecule has 7 atom stereocenters. The van der Waals surface area contributed by atoms with Crippen LogP contribution in [0.4, 0.5) is 4.39 Å². The minimum Gasteiger partial charge on any atom is -0.393 e. The van der Waals surface area contributed by atoms with Crippen LogP contribution in [0.25, 0.3) is 0 Å². The zero-order valence-electron chi connectivity index (χ0n) is 13.9. The van der Waals surface area contributed by atoms with Crippen LogP contribution in [0, 0.1) is 28.6 Å². The van der Waals surface area contributed by atoms with Crippen molar-refractivity contribution in [2.45, 2.75) is 83.4 Å². The highest BCUT2D eigenvalue weighted by atomic mass is 19.1. The summed E-state index contributed by atoms with van der Waals surface area (Å²) in [5.41, 5.74) is -1.93. The zero-order valence-corrected chi connectivity index (χ0v) is 13.9. The largest absolute Gasteiger partial charge is 0.393 e. The van der Waals surface area contributed by atoms with Gasteiger partial charge in [-0.1, -0.05) is 20.3 Å². The van der Waals surface area contributed by atoms with Gasteiger partial charge in [0.1, 0.15) is 0 Å². The molecular formula is C19H29FO2. The van der Waals surface area contributed by atoms with Crippen molar-refractivity contribution in [1.29, 1.82) is 0 Å². The van der Waals surface area contributed by atoms with Crippen LogP contribution >= 0.6 is 0 Å². The van der Waals surface area contributed by atoms with E-state index in [1.54, 1.807) is 0 Å². The number of carbonyl (C=O) groups is 1. The van der Waals surface area contributed by atoms with E-state index in [0.29, 0.717) is 42.4 Å². The van der Waals surface area contributed by atoms with Gasteiger partial charge >= 0.3 is 0 Å². The van der Waals surface area contributed by atoms with Crippen LogP contribution in [-0.2, 0) is 4.79 Å². The van der Waals surface area contributed by atoms with E-state index in [0.717, 1.165) is 6.42 Å². The standard InChI is InChI=1S/C19H29FO2/c1-17-7-3-4-14(17)13-10-16(22)19(20)11-12(21)5-9-18(19,2)15(13)6-8-17/h12-15,21H,3-11H2,1-2H3/t12-,13-,14-,15-,17-,18+,19-/m0/s1. The summed E-state index contributed by atoms with van der Waals surface area (Å²) in [5, 5.41) is 9.94. The molecule has 4 rings (SSSR count). The second-order valence-corrected chi connectivity index (χ2v) is 9.20. The third-order valence-electron chi connectivity index (χ3n) is 8.32. The lowest BCUT2D eigenvalue weighted by Crippen LogP contribution is -2.64. The lowest BCUT2D eigenvalue weighted by Gasteiger charge is -2.61. The van der Waals surface area contributed by atoms with E-state index in [1.165, 1.54) is 25.7 Å². The van der Waals surface area contributed by atoms with Gasteiger partial charge in [0.15, 0.2) is 11.5 Å². The fraction of sp³-hybridized carbons (Fsp3) is 0.947. The van der Waals surface area contributed by atoms with Gasteiger partial charge in [-0.2, -0.15) is 0 Å². The van der Waals surface area contributed by atoms with Crippen LogP contribution in [0.2, 0.25) is 0 Å². The van der Waals surface area contributed by atoms with E-state index in [2.05, 4.69) is 6.92 Å². The van der Waals surface area contributed by atoms with Crippen molar-refractivity contribution in [1.82, 2.24) is 0 Å². The highest BCUT2D eigenvalue weighted by Crippen LogP contribution is 2.67. The molecule has 0 aromatic rings. The maximum Gasteiger partial charge on any atom is 0.176 e. The van der Waals surface area contributed by atoms with Crippen molar-refractivity contribution in [3.63, 3.8) is 0 Å². The van der Waals surface area contributed by atoms with Crippen molar-refractivity contribution in [2.75, 3.05) is 0 Å². The monoisotopic (exact) mass is 308 g/mol.